The van der Waals surface area contributed by atoms with Crippen LogP contribution in [0.4, 0.5) is 0 Å². The highest BCUT2D eigenvalue weighted by Gasteiger charge is 2.26. The van der Waals surface area contributed by atoms with E-state index in [2.05, 4.69) is 9.71 Å². The molecule has 0 aliphatic heterocycles. The van der Waals surface area contributed by atoms with Crippen molar-refractivity contribution in [3.8, 4) is 0 Å². The van der Waals surface area contributed by atoms with Crippen molar-refractivity contribution in [1.82, 2.24) is 9.71 Å². The van der Waals surface area contributed by atoms with Gasteiger partial charge in [0.25, 0.3) is 0 Å². The number of H-pyrrole nitrogens is 1. The standard InChI is InChI=1S/C11H16N2O4S/c14-9-3-1-8(2-4-9)13-18(16,17)11-7-12-6-5-10(11)15/h5-9,13-14H,1-4H2,(H,12,15). The molecule has 1 aromatic rings. The highest BCUT2D eigenvalue weighted by molar-refractivity contribution is 7.89. The van der Waals surface area contributed by atoms with Gasteiger partial charge in [-0.05, 0) is 25.7 Å². The zero-order chi connectivity index (χ0) is 13.2. The number of aromatic amines is 1. The zero-order valence-corrected chi connectivity index (χ0v) is 10.6. The molecular formula is C11H16N2O4S. The Balaban J connectivity index is 2.13. The third kappa shape index (κ3) is 2.98. The van der Waals surface area contributed by atoms with Crippen molar-refractivity contribution in [1.29, 1.82) is 0 Å². The van der Waals surface area contributed by atoms with Crippen LogP contribution >= 0.6 is 0 Å². The predicted molar refractivity (Wildman–Crippen MR) is 65.6 cm³/mol. The second kappa shape index (κ2) is 5.21. The molecule has 1 fully saturated rings. The Bertz CT molecular complexity index is 558. The highest BCUT2D eigenvalue weighted by Crippen LogP contribution is 2.19. The van der Waals surface area contributed by atoms with Gasteiger partial charge in [0.15, 0.2) is 0 Å². The largest absolute Gasteiger partial charge is 0.393 e. The molecule has 6 nitrogen and oxygen atoms in total. The van der Waals surface area contributed by atoms with Gasteiger partial charge in [-0.15, -0.1) is 0 Å². The number of aliphatic hydroxyl groups excluding tert-OH is 1. The van der Waals surface area contributed by atoms with Crippen LogP contribution < -0.4 is 10.2 Å². The molecule has 7 heteroatoms. The summed E-state index contributed by atoms with van der Waals surface area (Å²) in [6.07, 6.45) is 4.57. The monoisotopic (exact) mass is 272 g/mol. The maximum atomic E-state index is 12.0. The summed E-state index contributed by atoms with van der Waals surface area (Å²) in [7, 11) is -3.78. The van der Waals surface area contributed by atoms with Crippen molar-refractivity contribution in [2.45, 2.75) is 42.7 Å². The first kappa shape index (κ1) is 13.3. The van der Waals surface area contributed by atoms with Gasteiger partial charge in [-0.25, -0.2) is 13.1 Å². The summed E-state index contributed by atoms with van der Waals surface area (Å²) in [6.45, 7) is 0. The van der Waals surface area contributed by atoms with E-state index in [1.807, 2.05) is 0 Å². The number of nitrogens with one attached hydrogen (secondary N) is 2. The van der Waals surface area contributed by atoms with E-state index < -0.39 is 15.5 Å². The lowest BCUT2D eigenvalue weighted by Gasteiger charge is -2.25. The van der Waals surface area contributed by atoms with Gasteiger partial charge in [0.05, 0.1) is 6.10 Å². The van der Waals surface area contributed by atoms with Gasteiger partial charge >= 0.3 is 0 Å². The second-order valence-corrected chi connectivity index (χ2v) is 6.18. The van der Waals surface area contributed by atoms with E-state index >= 15 is 0 Å². The first-order valence-electron chi connectivity index (χ1n) is 5.86. The molecule has 100 valence electrons. The van der Waals surface area contributed by atoms with Gasteiger partial charge in [0, 0.05) is 24.5 Å². The molecule has 0 aromatic carbocycles. The van der Waals surface area contributed by atoms with E-state index in [1.165, 1.54) is 18.5 Å². The summed E-state index contributed by atoms with van der Waals surface area (Å²) in [5.41, 5.74) is -0.530. The van der Waals surface area contributed by atoms with Crippen LogP contribution in [0.1, 0.15) is 25.7 Å². The van der Waals surface area contributed by atoms with Crippen molar-refractivity contribution < 1.29 is 13.5 Å². The van der Waals surface area contributed by atoms with Crippen LogP contribution in [0.25, 0.3) is 0 Å². The number of hydrogen-bond acceptors (Lipinski definition) is 4. The van der Waals surface area contributed by atoms with E-state index in [-0.39, 0.29) is 17.0 Å². The number of aromatic nitrogens is 1. The highest BCUT2D eigenvalue weighted by atomic mass is 32.2. The van der Waals surface area contributed by atoms with Gasteiger partial charge < -0.3 is 10.1 Å². The molecule has 3 N–H and O–H groups in total. The molecule has 1 saturated carbocycles. The van der Waals surface area contributed by atoms with E-state index in [1.54, 1.807) is 0 Å². The third-order valence-electron chi connectivity index (χ3n) is 3.10. The Hall–Kier alpha value is -1.18. The van der Waals surface area contributed by atoms with Crippen molar-refractivity contribution in [3.63, 3.8) is 0 Å². The number of aliphatic hydroxyl groups is 1. The quantitative estimate of drug-likeness (QED) is 0.718. The number of pyridine rings is 1. The normalized spacial score (nSPS) is 24.9. The van der Waals surface area contributed by atoms with Gasteiger partial charge in [-0.3, -0.25) is 4.79 Å². The Kier molecular flexibility index (Phi) is 3.84. The Morgan fingerprint density at radius 3 is 2.56 bits per heavy atom. The van der Waals surface area contributed by atoms with Crippen LogP contribution in [-0.2, 0) is 10.0 Å². The van der Waals surface area contributed by atoms with Gasteiger partial charge in [0.2, 0.25) is 15.5 Å². The molecule has 0 radical (unpaired) electrons. The molecule has 0 spiro atoms. The minimum Gasteiger partial charge on any atom is -0.393 e. The van der Waals surface area contributed by atoms with E-state index in [4.69, 9.17) is 0 Å². The van der Waals surface area contributed by atoms with Gasteiger partial charge in [0.1, 0.15) is 4.90 Å². The number of sulfonamides is 1. The summed E-state index contributed by atoms with van der Waals surface area (Å²) >= 11 is 0. The molecule has 1 heterocycles. The van der Waals surface area contributed by atoms with Crippen molar-refractivity contribution in [3.05, 3.63) is 28.7 Å². The van der Waals surface area contributed by atoms with Crippen LogP contribution in [0, 0.1) is 0 Å². The van der Waals surface area contributed by atoms with Crippen molar-refractivity contribution in [2.24, 2.45) is 0 Å². The van der Waals surface area contributed by atoms with Crippen LogP contribution in [0.3, 0.4) is 0 Å². The molecule has 0 unspecified atom stereocenters. The van der Waals surface area contributed by atoms with E-state index in [0.29, 0.717) is 25.7 Å². The molecule has 2 rings (SSSR count). The first-order chi connectivity index (χ1) is 8.49. The maximum Gasteiger partial charge on any atom is 0.246 e. The zero-order valence-electron chi connectivity index (χ0n) is 9.80. The molecule has 1 aliphatic rings. The third-order valence-corrected chi connectivity index (χ3v) is 4.64. The molecule has 0 bridgehead atoms. The molecule has 0 atom stereocenters. The Morgan fingerprint density at radius 2 is 1.94 bits per heavy atom. The SMILES string of the molecule is O=c1cc[nH]cc1S(=O)(=O)NC1CCC(O)CC1. The summed E-state index contributed by atoms with van der Waals surface area (Å²) in [5.74, 6) is 0. The maximum absolute atomic E-state index is 12.0. The summed E-state index contributed by atoms with van der Waals surface area (Å²) in [4.78, 5) is 13.8. The molecule has 18 heavy (non-hydrogen) atoms. The molecule has 1 aromatic heterocycles. The first-order valence-corrected chi connectivity index (χ1v) is 7.35. The summed E-state index contributed by atoms with van der Waals surface area (Å²) in [5, 5.41) is 9.35. The fraction of sp³-hybridized carbons (Fsp3) is 0.545. The lowest BCUT2D eigenvalue weighted by atomic mass is 9.94. The minimum atomic E-state index is -3.78. The topological polar surface area (TPSA) is 99.3 Å². The van der Waals surface area contributed by atoms with Crippen molar-refractivity contribution in [2.75, 3.05) is 0 Å². The van der Waals surface area contributed by atoms with Crippen LogP contribution in [0.5, 0.6) is 0 Å². The molecular weight excluding hydrogens is 256 g/mol. The smallest absolute Gasteiger partial charge is 0.246 e. The number of hydrogen-bond donors (Lipinski definition) is 3. The minimum absolute atomic E-state index is 0.210. The summed E-state index contributed by atoms with van der Waals surface area (Å²) < 4.78 is 26.5. The second-order valence-electron chi connectivity index (χ2n) is 4.50. The average molecular weight is 272 g/mol. The lowest BCUT2D eigenvalue weighted by Crippen LogP contribution is -2.40. The molecule has 0 amide bonds. The number of rotatable bonds is 3. The van der Waals surface area contributed by atoms with Crippen molar-refractivity contribution >= 4 is 10.0 Å². The predicted octanol–water partition coefficient (Wildman–Crippen LogP) is -0.0433. The molecule has 0 saturated heterocycles. The van der Waals surface area contributed by atoms with E-state index in [9.17, 15) is 18.3 Å². The Morgan fingerprint density at radius 1 is 1.28 bits per heavy atom. The van der Waals surface area contributed by atoms with Gasteiger partial charge in [-0.2, -0.15) is 0 Å². The average Bonchev–Trinajstić information content (AvgIpc) is 2.32. The van der Waals surface area contributed by atoms with Crippen LogP contribution in [-0.4, -0.2) is 30.7 Å². The summed E-state index contributed by atoms with van der Waals surface area (Å²) in [6, 6.07) is 0.970. The van der Waals surface area contributed by atoms with Gasteiger partial charge in [-0.1, -0.05) is 0 Å². The van der Waals surface area contributed by atoms with Crippen LogP contribution in [0.2, 0.25) is 0 Å². The fourth-order valence-electron chi connectivity index (χ4n) is 2.09. The van der Waals surface area contributed by atoms with Crippen LogP contribution in [0.15, 0.2) is 28.2 Å². The Labute approximate surface area is 105 Å². The lowest BCUT2D eigenvalue weighted by molar-refractivity contribution is 0.120. The molecule has 1 aliphatic carbocycles. The fourth-order valence-corrected chi connectivity index (χ4v) is 3.45. The van der Waals surface area contributed by atoms with E-state index in [0.717, 1.165) is 0 Å².